The van der Waals surface area contributed by atoms with Crippen LogP contribution in [-0.2, 0) is 10.0 Å². The first-order chi connectivity index (χ1) is 16.4. The summed E-state index contributed by atoms with van der Waals surface area (Å²) in [5.74, 6) is 1.23. The van der Waals surface area contributed by atoms with Crippen LogP contribution in [0.1, 0.15) is 10.4 Å². The largest absolute Gasteiger partial charge is 0.497 e. The highest BCUT2D eigenvalue weighted by atomic mass is 32.2. The maximum Gasteiger partial charge on any atom is 0.261 e. The number of hydrogen-bond donors (Lipinski definition) is 3. The Hall–Kier alpha value is -4.38. The van der Waals surface area contributed by atoms with Gasteiger partial charge in [0.1, 0.15) is 11.5 Å². The van der Waals surface area contributed by atoms with E-state index in [1.807, 2.05) is 18.2 Å². The van der Waals surface area contributed by atoms with Crippen molar-refractivity contribution in [3.05, 3.63) is 78.4 Å². The number of methoxy groups -OCH3 is 2. The Morgan fingerprint density at radius 2 is 1.62 bits per heavy atom. The van der Waals surface area contributed by atoms with Crippen LogP contribution in [0.5, 0.6) is 11.5 Å². The van der Waals surface area contributed by atoms with Gasteiger partial charge in [-0.15, -0.1) is 5.10 Å². The summed E-state index contributed by atoms with van der Waals surface area (Å²) in [6, 6.07) is 19.2. The molecule has 0 saturated heterocycles. The third-order valence-corrected chi connectivity index (χ3v) is 6.24. The fraction of sp³-hybridized carbons (Fsp3) is 0.0870. The zero-order valence-electron chi connectivity index (χ0n) is 18.3. The van der Waals surface area contributed by atoms with Crippen molar-refractivity contribution in [2.75, 3.05) is 24.3 Å². The summed E-state index contributed by atoms with van der Waals surface area (Å²) >= 11 is 0. The summed E-state index contributed by atoms with van der Waals surface area (Å²) in [4.78, 5) is 16.9. The maximum absolute atomic E-state index is 12.6. The highest BCUT2D eigenvalue weighted by molar-refractivity contribution is 7.92. The second kappa shape index (κ2) is 9.63. The van der Waals surface area contributed by atoms with Gasteiger partial charge in [0.2, 0.25) is 5.95 Å². The normalized spacial score (nSPS) is 11.0. The third kappa shape index (κ3) is 4.99. The molecule has 0 aliphatic heterocycles. The van der Waals surface area contributed by atoms with Crippen LogP contribution in [0.25, 0.3) is 11.4 Å². The molecule has 1 amide bonds. The van der Waals surface area contributed by atoms with Crippen LogP contribution in [0.2, 0.25) is 0 Å². The number of amides is 1. The molecule has 1 aromatic heterocycles. The highest BCUT2D eigenvalue weighted by Crippen LogP contribution is 2.27. The molecule has 3 N–H and O–H groups in total. The van der Waals surface area contributed by atoms with E-state index in [1.54, 1.807) is 37.4 Å². The van der Waals surface area contributed by atoms with Crippen molar-refractivity contribution in [1.82, 2.24) is 15.2 Å². The van der Waals surface area contributed by atoms with Gasteiger partial charge in [-0.05, 0) is 60.7 Å². The summed E-state index contributed by atoms with van der Waals surface area (Å²) in [6.07, 6.45) is 0. The first-order valence-corrected chi connectivity index (χ1v) is 11.5. The fourth-order valence-electron chi connectivity index (χ4n) is 3.11. The molecule has 1 heterocycles. The quantitative estimate of drug-likeness (QED) is 0.352. The molecule has 0 fully saturated rings. The van der Waals surface area contributed by atoms with Crippen LogP contribution in [-0.4, -0.2) is 43.7 Å². The van der Waals surface area contributed by atoms with E-state index in [9.17, 15) is 13.2 Å². The molecule has 34 heavy (non-hydrogen) atoms. The van der Waals surface area contributed by atoms with E-state index in [0.29, 0.717) is 28.6 Å². The molecule has 0 aliphatic carbocycles. The number of hydrogen-bond acceptors (Lipinski definition) is 7. The lowest BCUT2D eigenvalue weighted by Gasteiger charge is -2.09. The van der Waals surface area contributed by atoms with Gasteiger partial charge in [-0.3, -0.25) is 19.9 Å². The Morgan fingerprint density at radius 1 is 0.912 bits per heavy atom. The Bertz CT molecular complexity index is 1400. The van der Waals surface area contributed by atoms with Crippen molar-refractivity contribution >= 4 is 27.6 Å². The van der Waals surface area contributed by atoms with E-state index < -0.39 is 15.9 Å². The monoisotopic (exact) mass is 479 g/mol. The molecule has 0 spiro atoms. The van der Waals surface area contributed by atoms with Gasteiger partial charge in [0.15, 0.2) is 5.82 Å². The van der Waals surface area contributed by atoms with Crippen molar-refractivity contribution in [2.45, 2.75) is 4.90 Å². The summed E-state index contributed by atoms with van der Waals surface area (Å²) in [5, 5.41) is 9.36. The van der Waals surface area contributed by atoms with Crippen LogP contribution in [0.3, 0.4) is 0 Å². The van der Waals surface area contributed by atoms with Crippen LogP contribution >= 0.6 is 0 Å². The number of rotatable bonds is 8. The molecule has 0 bridgehead atoms. The molecular weight excluding hydrogens is 458 g/mol. The molecular formula is C23H21N5O5S. The zero-order valence-corrected chi connectivity index (χ0v) is 19.1. The molecule has 0 radical (unpaired) electrons. The van der Waals surface area contributed by atoms with Crippen LogP contribution in [0, 0.1) is 0 Å². The number of carbonyl (C=O) groups is 1. The van der Waals surface area contributed by atoms with Crippen molar-refractivity contribution in [1.29, 1.82) is 0 Å². The average Bonchev–Trinajstić information content (AvgIpc) is 3.32. The number of benzene rings is 3. The van der Waals surface area contributed by atoms with Gasteiger partial charge in [-0.25, -0.2) is 8.42 Å². The van der Waals surface area contributed by atoms with E-state index in [2.05, 4.69) is 25.2 Å². The summed E-state index contributed by atoms with van der Waals surface area (Å²) < 4.78 is 38.1. The molecule has 0 unspecified atom stereocenters. The third-order valence-electron chi connectivity index (χ3n) is 4.84. The second-order valence-corrected chi connectivity index (χ2v) is 8.70. The minimum Gasteiger partial charge on any atom is -0.497 e. The highest BCUT2D eigenvalue weighted by Gasteiger charge is 2.17. The molecule has 4 aromatic rings. The number of carbonyl (C=O) groups excluding carboxylic acids is 1. The number of ether oxygens (including phenoxy) is 2. The van der Waals surface area contributed by atoms with Crippen molar-refractivity contribution in [3.63, 3.8) is 0 Å². The first kappa shape index (κ1) is 22.8. The van der Waals surface area contributed by atoms with Gasteiger partial charge >= 0.3 is 0 Å². The number of aromatic amines is 1. The smallest absolute Gasteiger partial charge is 0.261 e. The lowest BCUT2D eigenvalue weighted by atomic mass is 10.2. The van der Waals surface area contributed by atoms with Crippen LogP contribution < -0.4 is 19.5 Å². The summed E-state index contributed by atoms with van der Waals surface area (Å²) in [7, 11) is -0.756. The van der Waals surface area contributed by atoms with E-state index in [-0.39, 0.29) is 16.4 Å². The van der Waals surface area contributed by atoms with Crippen molar-refractivity contribution < 1.29 is 22.7 Å². The van der Waals surface area contributed by atoms with E-state index >= 15 is 0 Å². The minimum absolute atomic E-state index is 0.0104. The molecule has 0 atom stereocenters. The SMILES string of the molecule is COc1ccc(NS(=O)(=O)c2ccc(C(=O)Nc3n[nH]c(-c4ccccc4OC)n3)cc2)cc1. The van der Waals surface area contributed by atoms with Gasteiger partial charge in [-0.2, -0.15) is 4.98 Å². The predicted molar refractivity (Wildman–Crippen MR) is 127 cm³/mol. The molecule has 0 saturated carbocycles. The number of anilines is 2. The molecule has 0 aliphatic rings. The maximum atomic E-state index is 12.6. The Morgan fingerprint density at radius 3 is 2.29 bits per heavy atom. The first-order valence-electron chi connectivity index (χ1n) is 10.0. The zero-order chi connectivity index (χ0) is 24.1. The predicted octanol–water partition coefficient (Wildman–Crippen LogP) is 3.54. The second-order valence-electron chi connectivity index (χ2n) is 7.02. The molecule has 11 heteroatoms. The number of nitrogens with zero attached hydrogens (tertiary/aromatic N) is 2. The van der Waals surface area contributed by atoms with Crippen LogP contribution in [0.4, 0.5) is 11.6 Å². The Kier molecular flexibility index (Phi) is 6.46. The van der Waals surface area contributed by atoms with Crippen LogP contribution in [0.15, 0.2) is 77.7 Å². The Balaban J connectivity index is 1.44. The standard InChI is InChI=1S/C23H21N5O5S/c1-32-17-11-9-16(10-12-17)28-34(30,31)18-13-7-15(8-14-18)22(29)25-23-24-21(26-27-23)19-5-3-4-6-20(19)33-2/h3-14,28H,1-2H3,(H2,24,25,26,27,29). The van der Waals surface area contributed by atoms with Gasteiger partial charge in [0.25, 0.3) is 15.9 Å². The number of H-pyrrole nitrogens is 1. The lowest BCUT2D eigenvalue weighted by Crippen LogP contribution is -2.15. The van der Waals surface area contributed by atoms with Crippen molar-refractivity contribution in [2.24, 2.45) is 0 Å². The number of para-hydroxylation sites is 1. The Labute approximate surface area is 196 Å². The summed E-state index contributed by atoms with van der Waals surface area (Å²) in [6.45, 7) is 0. The topological polar surface area (TPSA) is 135 Å². The minimum atomic E-state index is -3.83. The average molecular weight is 480 g/mol. The number of aromatic nitrogens is 3. The van der Waals surface area contributed by atoms with E-state index in [1.165, 1.54) is 31.4 Å². The number of sulfonamides is 1. The van der Waals surface area contributed by atoms with E-state index in [4.69, 9.17) is 9.47 Å². The molecule has 10 nitrogen and oxygen atoms in total. The lowest BCUT2D eigenvalue weighted by molar-refractivity contribution is 0.102. The number of nitrogens with one attached hydrogen (secondary N) is 3. The van der Waals surface area contributed by atoms with Gasteiger partial charge in [0, 0.05) is 11.3 Å². The fourth-order valence-corrected chi connectivity index (χ4v) is 4.17. The van der Waals surface area contributed by atoms with E-state index in [0.717, 1.165) is 0 Å². The summed E-state index contributed by atoms with van der Waals surface area (Å²) in [5.41, 5.74) is 1.32. The molecule has 174 valence electrons. The van der Waals surface area contributed by atoms with Gasteiger partial charge < -0.3 is 9.47 Å². The van der Waals surface area contributed by atoms with Gasteiger partial charge in [-0.1, -0.05) is 12.1 Å². The van der Waals surface area contributed by atoms with Crippen molar-refractivity contribution in [3.8, 4) is 22.9 Å². The van der Waals surface area contributed by atoms with Gasteiger partial charge in [0.05, 0.1) is 24.7 Å². The molecule has 4 rings (SSSR count). The molecule has 3 aromatic carbocycles.